The van der Waals surface area contributed by atoms with Crippen molar-refractivity contribution in [3.63, 3.8) is 0 Å². The second kappa shape index (κ2) is 8.98. The van der Waals surface area contributed by atoms with Gasteiger partial charge in [-0.25, -0.2) is 24.9 Å². The zero-order valence-electron chi connectivity index (χ0n) is 15.7. The standard InChI is InChI=1S/C20H16ClN9/c21-17-7-18(29-12-28-17)24-5-6-25-20-26-9-15(16-10-23-11-27-16)19(30-20)14-4-2-1-3-13(14)8-22/h1-4,7,9-12H,5-6H2,(H,23,27)(H,24,28,29)(H,25,26,30). The predicted molar refractivity (Wildman–Crippen MR) is 114 cm³/mol. The number of aromatic nitrogens is 6. The lowest BCUT2D eigenvalue weighted by Gasteiger charge is -2.12. The molecule has 0 aliphatic carbocycles. The molecule has 0 aliphatic rings. The Balaban J connectivity index is 1.56. The summed E-state index contributed by atoms with van der Waals surface area (Å²) in [6.07, 6.45) is 6.39. The van der Waals surface area contributed by atoms with Crippen molar-refractivity contribution >= 4 is 23.4 Å². The summed E-state index contributed by atoms with van der Waals surface area (Å²) in [5.41, 5.74) is 3.43. The Bertz CT molecular complexity index is 1190. The van der Waals surface area contributed by atoms with E-state index in [1.807, 2.05) is 18.2 Å². The fourth-order valence-electron chi connectivity index (χ4n) is 2.85. The van der Waals surface area contributed by atoms with Gasteiger partial charge in [0.15, 0.2) is 0 Å². The van der Waals surface area contributed by atoms with E-state index >= 15 is 0 Å². The van der Waals surface area contributed by atoms with Crippen molar-refractivity contribution < 1.29 is 0 Å². The van der Waals surface area contributed by atoms with Crippen LogP contribution in [0.15, 0.2) is 55.4 Å². The van der Waals surface area contributed by atoms with Gasteiger partial charge in [-0.1, -0.05) is 29.8 Å². The molecule has 0 saturated heterocycles. The van der Waals surface area contributed by atoms with E-state index in [4.69, 9.17) is 11.6 Å². The number of nitriles is 1. The summed E-state index contributed by atoms with van der Waals surface area (Å²) in [6.45, 7) is 1.12. The van der Waals surface area contributed by atoms with E-state index < -0.39 is 0 Å². The van der Waals surface area contributed by atoms with Crippen LogP contribution >= 0.6 is 11.6 Å². The average Bonchev–Trinajstić information content (AvgIpc) is 3.31. The molecule has 3 heterocycles. The van der Waals surface area contributed by atoms with Gasteiger partial charge < -0.3 is 15.6 Å². The van der Waals surface area contributed by atoms with Crippen LogP contribution in [0, 0.1) is 11.3 Å². The van der Waals surface area contributed by atoms with Crippen LogP contribution in [-0.2, 0) is 0 Å². The van der Waals surface area contributed by atoms with Crippen LogP contribution in [0.5, 0.6) is 0 Å². The SMILES string of the molecule is N#Cc1ccccc1-c1nc(NCCNc2cc(Cl)ncn2)ncc1-c1cnc[nH]1. The molecule has 3 aromatic heterocycles. The maximum Gasteiger partial charge on any atom is 0.223 e. The Morgan fingerprint density at radius 3 is 2.70 bits per heavy atom. The number of anilines is 2. The Morgan fingerprint density at radius 2 is 1.90 bits per heavy atom. The van der Waals surface area contributed by atoms with Crippen LogP contribution in [0.25, 0.3) is 22.5 Å². The lowest BCUT2D eigenvalue weighted by molar-refractivity contribution is 1.01. The quantitative estimate of drug-likeness (QED) is 0.308. The van der Waals surface area contributed by atoms with Gasteiger partial charge in [-0.2, -0.15) is 5.26 Å². The van der Waals surface area contributed by atoms with E-state index in [2.05, 4.69) is 46.6 Å². The molecule has 148 valence electrons. The van der Waals surface area contributed by atoms with Crippen molar-refractivity contribution in [2.45, 2.75) is 0 Å². The van der Waals surface area contributed by atoms with Crippen molar-refractivity contribution in [1.82, 2.24) is 29.9 Å². The lowest BCUT2D eigenvalue weighted by Crippen LogP contribution is -2.16. The van der Waals surface area contributed by atoms with Crippen molar-refractivity contribution in [1.29, 1.82) is 5.26 Å². The van der Waals surface area contributed by atoms with Crippen molar-refractivity contribution in [2.24, 2.45) is 0 Å². The lowest BCUT2D eigenvalue weighted by atomic mass is 10.0. The minimum atomic E-state index is 0.374. The van der Waals surface area contributed by atoms with Gasteiger partial charge in [0.05, 0.1) is 35.5 Å². The zero-order valence-corrected chi connectivity index (χ0v) is 16.4. The molecule has 10 heteroatoms. The van der Waals surface area contributed by atoms with Crippen LogP contribution < -0.4 is 10.6 Å². The third-order valence-corrected chi connectivity index (χ3v) is 4.43. The zero-order chi connectivity index (χ0) is 20.8. The molecule has 0 fully saturated rings. The first kappa shape index (κ1) is 19.3. The average molecular weight is 418 g/mol. The molecule has 0 radical (unpaired) electrons. The first-order valence-electron chi connectivity index (χ1n) is 9.05. The highest BCUT2D eigenvalue weighted by Gasteiger charge is 2.15. The third-order valence-electron chi connectivity index (χ3n) is 4.23. The van der Waals surface area contributed by atoms with Crippen LogP contribution in [0.3, 0.4) is 0 Å². The van der Waals surface area contributed by atoms with Gasteiger partial charge in [0, 0.05) is 36.5 Å². The minimum Gasteiger partial charge on any atom is -0.368 e. The highest BCUT2D eigenvalue weighted by Crippen LogP contribution is 2.31. The number of hydrogen-bond acceptors (Lipinski definition) is 8. The summed E-state index contributed by atoms with van der Waals surface area (Å²) in [5, 5.41) is 16.2. The topological polar surface area (TPSA) is 128 Å². The fourth-order valence-corrected chi connectivity index (χ4v) is 3.00. The summed E-state index contributed by atoms with van der Waals surface area (Å²) < 4.78 is 0. The second-order valence-corrected chi connectivity index (χ2v) is 6.55. The maximum atomic E-state index is 9.51. The molecule has 9 nitrogen and oxygen atoms in total. The van der Waals surface area contributed by atoms with E-state index in [-0.39, 0.29) is 0 Å². The number of nitrogens with zero attached hydrogens (tertiary/aromatic N) is 6. The summed E-state index contributed by atoms with van der Waals surface area (Å²) >= 11 is 5.85. The smallest absolute Gasteiger partial charge is 0.223 e. The summed E-state index contributed by atoms with van der Waals surface area (Å²) in [5.74, 6) is 1.08. The molecule has 0 aliphatic heterocycles. The Kier molecular flexibility index (Phi) is 5.78. The van der Waals surface area contributed by atoms with E-state index in [0.717, 1.165) is 16.8 Å². The number of hydrogen-bond donors (Lipinski definition) is 3. The monoisotopic (exact) mass is 417 g/mol. The molecule has 0 saturated carbocycles. The van der Waals surface area contributed by atoms with E-state index in [1.54, 1.807) is 30.9 Å². The van der Waals surface area contributed by atoms with Crippen molar-refractivity contribution in [3.05, 3.63) is 66.1 Å². The van der Waals surface area contributed by atoms with Crippen LogP contribution in [-0.4, -0.2) is 43.0 Å². The number of imidazole rings is 1. The Labute approximate surface area is 177 Å². The largest absolute Gasteiger partial charge is 0.368 e. The molecule has 0 amide bonds. The normalized spacial score (nSPS) is 10.4. The molecular formula is C20H16ClN9. The highest BCUT2D eigenvalue weighted by molar-refractivity contribution is 6.29. The molecule has 4 rings (SSSR count). The Hall–Kier alpha value is -4.03. The van der Waals surface area contributed by atoms with Gasteiger partial charge in [-0.05, 0) is 6.07 Å². The van der Waals surface area contributed by atoms with Crippen molar-refractivity contribution in [2.75, 3.05) is 23.7 Å². The second-order valence-electron chi connectivity index (χ2n) is 6.16. The molecule has 0 unspecified atom stereocenters. The number of aromatic amines is 1. The molecule has 1 aromatic carbocycles. The molecule has 4 aromatic rings. The van der Waals surface area contributed by atoms with Gasteiger partial charge in [-0.15, -0.1) is 0 Å². The minimum absolute atomic E-state index is 0.374. The molecule has 0 atom stereocenters. The first-order chi connectivity index (χ1) is 14.7. The van der Waals surface area contributed by atoms with E-state index in [9.17, 15) is 5.26 Å². The number of benzene rings is 1. The number of halogens is 1. The van der Waals surface area contributed by atoms with Crippen LogP contribution in [0.4, 0.5) is 11.8 Å². The molecule has 0 spiro atoms. The van der Waals surface area contributed by atoms with Gasteiger partial charge >= 0.3 is 0 Å². The molecule has 3 N–H and O–H groups in total. The summed E-state index contributed by atoms with van der Waals surface area (Å²) in [7, 11) is 0. The maximum absolute atomic E-state index is 9.51. The summed E-state index contributed by atoms with van der Waals surface area (Å²) in [6, 6.07) is 11.2. The molecular weight excluding hydrogens is 402 g/mol. The molecule has 0 bridgehead atoms. The first-order valence-corrected chi connectivity index (χ1v) is 9.43. The van der Waals surface area contributed by atoms with E-state index in [0.29, 0.717) is 41.3 Å². The van der Waals surface area contributed by atoms with E-state index in [1.165, 1.54) is 6.33 Å². The van der Waals surface area contributed by atoms with Gasteiger partial charge in [0.2, 0.25) is 5.95 Å². The number of rotatable bonds is 7. The predicted octanol–water partition coefficient (Wildman–Crippen LogP) is 3.37. The molecule has 30 heavy (non-hydrogen) atoms. The van der Waals surface area contributed by atoms with Gasteiger partial charge in [0.25, 0.3) is 0 Å². The van der Waals surface area contributed by atoms with Crippen molar-refractivity contribution in [3.8, 4) is 28.6 Å². The third kappa shape index (κ3) is 4.34. The van der Waals surface area contributed by atoms with Crippen LogP contribution in [0.1, 0.15) is 5.56 Å². The van der Waals surface area contributed by atoms with Gasteiger partial charge in [-0.3, -0.25) is 0 Å². The Morgan fingerprint density at radius 1 is 1.03 bits per heavy atom. The highest BCUT2D eigenvalue weighted by atomic mass is 35.5. The number of H-pyrrole nitrogens is 1. The van der Waals surface area contributed by atoms with Crippen LogP contribution in [0.2, 0.25) is 5.15 Å². The van der Waals surface area contributed by atoms with Gasteiger partial charge in [0.1, 0.15) is 17.3 Å². The fraction of sp³-hybridized carbons (Fsp3) is 0.100. The number of nitrogens with one attached hydrogen (secondary N) is 3. The summed E-state index contributed by atoms with van der Waals surface area (Å²) in [4.78, 5) is 24.2.